The molecule has 0 aliphatic carbocycles. The van der Waals surface area contributed by atoms with Gasteiger partial charge in [0, 0.05) is 5.69 Å². The Morgan fingerprint density at radius 3 is 2.24 bits per heavy atom. The molecule has 0 fully saturated rings. The minimum atomic E-state index is -0.266. The zero-order chi connectivity index (χ0) is 15.2. The lowest BCUT2D eigenvalue weighted by molar-refractivity contribution is 0.779. The molecular weight excluding hydrogens is 268 g/mol. The number of tetrazole rings is 1. The summed E-state index contributed by atoms with van der Waals surface area (Å²) in [5.74, 6) is 0.643. The van der Waals surface area contributed by atoms with Crippen molar-refractivity contribution in [3.8, 4) is 23.9 Å². The van der Waals surface area contributed by atoms with Crippen LogP contribution in [0.1, 0.15) is 5.82 Å². The molecule has 1 aromatic heterocycles. The van der Waals surface area contributed by atoms with Gasteiger partial charge >= 0.3 is 0 Å². The standard InChI is InChI=1S/C13H8N8/c1-9-18-19-20-21(9)12-4-2-11(3-5-12)17-13(8-16)10(6-14)7-15/h2-5,17H,1H3. The Bertz CT molecular complexity index is 792. The maximum Gasteiger partial charge on any atom is 0.163 e. The summed E-state index contributed by atoms with van der Waals surface area (Å²) in [6, 6.07) is 12.0. The van der Waals surface area contributed by atoms with E-state index in [9.17, 15) is 0 Å². The number of benzene rings is 1. The molecule has 0 atom stereocenters. The van der Waals surface area contributed by atoms with Crippen molar-refractivity contribution in [2.45, 2.75) is 6.92 Å². The molecule has 8 heteroatoms. The molecule has 1 heterocycles. The predicted octanol–water partition coefficient (Wildman–Crippen LogP) is 1.21. The van der Waals surface area contributed by atoms with Gasteiger partial charge in [-0.25, -0.2) is 0 Å². The van der Waals surface area contributed by atoms with Gasteiger partial charge in [-0.1, -0.05) is 0 Å². The predicted molar refractivity (Wildman–Crippen MR) is 71.4 cm³/mol. The second-order valence-electron chi connectivity index (χ2n) is 3.90. The van der Waals surface area contributed by atoms with Crippen molar-refractivity contribution in [2.24, 2.45) is 0 Å². The minimum absolute atomic E-state index is 0.0913. The fourth-order valence-electron chi connectivity index (χ4n) is 1.58. The van der Waals surface area contributed by atoms with Crippen LogP contribution in [0, 0.1) is 40.9 Å². The highest BCUT2D eigenvalue weighted by atomic mass is 15.5. The Balaban J connectivity index is 2.28. The van der Waals surface area contributed by atoms with E-state index in [0.717, 1.165) is 5.69 Å². The highest BCUT2D eigenvalue weighted by Crippen LogP contribution is 2.15. The number of aryl methyl sites for hydroxylation is 1. The molecular formula is C13H8N8. The van der Waals surface area contributed by atoms with E-state index in [2.05, 4.69) is 20.8 Å². The molecule has 21 heavy (non-hydrogen) atoms. The number of nitrogens with one attached hydrogen (secondary N) is 1. The van der Waals surface area contributed by atoms with Crippen molar-refractivity contribution in [1.29, 1.82) is 15.8 Å². The topological polar surface area (TPSA) is 127 Å². The van der Waals surface area contributed by atoms with Crippen LogP contribution in [0.4, 0.5) is 5.69 Å². The second-order valence-corrected chi connectivity index (χ2v) is 3.90. The van der Waals surface area contributed by atoms with E-state index in [1.165, 1.54) is 0 Å². The van der Waals surface area contributed by atoms with E-state index in [-0.39, 0.29) is 11.3 Å². The molecule has 0 radical (unpaired) electrons. The summed E-state index contributed by atoms with van der Waals surface area (Å²) in [6.07, 6.45) is 0. The maximum atomic E-state index is 8.96. The number of hydrogen-bond donors (Lipinski definition) is 1. The Morgan fingerprint density at radius 2 is 1.76 bits per heavy atom. The SMILES string of the molecule is Cc1nnnn1-c1ccc(NC(C#N)=C(C#N)C#N)cc1. The van der Waals surface area contributed by atoms with Crippen LogP contribution >= 0.6 is 0 Å². The molecule has 0 aliphatic rings. The summed E-state index contributed by atoms with van der Waals surface area (Å²) in [7, 11) is 0. The van der Waals surface area contributed by atoms with E-state index in [1.807, 2.05) is 0 Å². The molecule has 0 unspecified atom stereocenters. The van der Waals surface area contributed by atoms with Crippen molar-refractivity contribution < 1.29 is 0 Å². The summed E-state index contributed by atoms with van der Waals surface area (Å²) in [5, 5.41) is 40.4. The maximum absolute atomic E-state index is 8.96. The summed E-state index contributed by atoms with van der Waals surface area (Å²) in [6.45, 7) is 1.77. The van der Waals surface area contributed by atoms with Crippen LogP contribution in [0.5, 0.6) is 0 Å². The van der Waals surface area contributed by atoms with Crippen molar-refractivity contribution in [1.82, 2.24) is 20.2 Å². The fourth-order valence-corrected chi connectivity index (χ4v) is 1.58. The quantitative estimate of drug-likeness (QED) is 0.834. The molecule has 0 bridgehead atoms. The Labute approximate surface area is 120 Å². The highest BCUT2D eigenvalue weighted by molar-refractivity contribution is 5.59. The van der Waals surface area contributed by atoms with E-state index in [1.54, 1.807) is 54.1 Å². The van der Waals surface area contributed by atoms with Gasteiger partial charge in [0.15, 0.2) is 11.4 Å². The molecule has 1 N–H and O–H groups in total. The van der Waals surface area contributed by atoms with Gasteiger partial charge in [-0.3, -0.25) is 0 Å². The average molecular weight is 276 g/mol. The average Bonchev–Trinajstić information content (AvgIpc) is 2.94. The van der Waals surface area contributed by atoms with Gasteiger partial charge in [0.05, 0.1) is 5.69 Å². The third kappa shape index (κ3) is 2.83. The molecule has 0 spiro atoms. The summed E-state index contributed by atoms with van der Waals surface area (Å²) < 4.78 is 1.56. The summed E-state index contributed by atoms with van der Waals surface area (Å²) in [4.78, 5) is 0. The van der Waals surface area contributed by atoms with E-state index >= 15 is 0 Å². The van der Waals surface area contributed by atoms with Crippen molar-refractivity contribution in [2.75, 3.05) is 5.32 Å². The van der Waals surface area contributed by atoms with Gasteiger partial charge in [-0.15, -0.1) is 5.10 Å². The van der Waals surface area contributed by atoms with Gasteiger partial charge in [0.25, 0.3) is 0 Å². The zero-order valence-corrected chi connectivity index (χ0v) is 10.9. The molecule has 1 aromatic carbocycles. The van der Waals surface area contributed by atoms with Crippen LogP contribution < -0.4 is 5.32 Å². The number of nitriles is 3. The van der Waals surface area contributed by atoms with Crippen LogP contribution in [0.2, 0.25) is 0 Å². The van der Waals surface area contributed by atoms with Gasteiger partial charge in [-0.2, -0.15) is 20.5 Å². The smallest absolute Gasteiger partial charge is 0.163 e. The monoisotopic (exact) mass is 276 g/mol. The van der Waals surface area contributed by atoms with E-state index in [4.69, 9.17) is 15.8 Å². The van der Waals surface area contributed by atoms with E-state index in [0.29, 0.717) is 11.5 Å². The minimum Gasteiger partial charge on any atom is -0.345 e. The molecule has 8 nitrogen and oxygen atoms in total. The van der Waals surface area contributed by atoms with Crippen LogP contribution in [-0.4, -0.2) is 20.2 Å². The van der Waals surface area contributed by atoms with Crippen LogP contribution in [0.3, 0.4) is 0 Å². The first-order valence-corrected chi connectivity index (χ1v) is 5.76. The lowest BCUT2D eigenvalue weighted by Crippen LogP contribution is -2.02. The first-order valence-electron chi connectivity index (χ1n) is 5.76. The Kier molecular flexibility index (Phi) is 3.90. The number of nitrogens with zero attached hydrogens (tertiary/aromatic N) is 7. The van der Waals surface area contributed by atoms with Gasteiger partial charge in [0.2, 0.25) is 0 Å². The number of anilines is 1. The molecule has 0 saturated carbocycles. The van der Waals surface area contributed by atoms with Crippen LogP contribution in [0.15, 0.2) is 35.5 Å². The number of allylic oxidation sites excluding steroid dienone is 2. The van der Waals surface area contributed by atoms with Gasteiger partial charge in [0.1, 0.15) is 23.9 Å². The van der Waals surface area contributed by atoms with Crippen LogP contribution in [-0.2, 0) is 0 Å². The van der Waals surface area contributed by atoms with E-state index < -0.39 is 0 Å². The highest BCUT2D eigenvalue weighted by Gasteiger charge is 2.07. The number of aromatic nitrogens is 4. The molecule has 2 aromatic rings. The first kappa shape index (κ1) is 13.7. The number of hydrogen-bond acceptors (Lipinski definition) is 7. The Hall–Kier alpha value is -3.70. The second kappa shape index (κ2) is 5.96. The van der Waals surface area contributed by atoms with Crippen LogP contribution in [0.25, 0.3) is 5.69 Å². The third-order valence-electron chi connectivity index (χ3n) is 2.59. The zero-order valence-electron chi connectivity index (χ0n) is 10.9. The summed E-state index contributed by atoms with van der Waals surface area (Å²) >= 11 is 0. The molecule has 0 amide bonds. The van der Waals surface area contributed by atoms with Crippen molar-refractivity contribution >= 4 is 5.69 Å². The molecule has 0 aliphatic heterocycles. The molecule has 100 valence electrons. The third-order valence-corrected chi connectivity index (χ3v) is 2.59. The number of rotatable bonds is 3. The van der Waals surface area contributed by atoms with Gasteiger partial charge in [-0.05, 0) is 41.6 Å². The lowest BCUT2D eigenvalue weighted by atomic mass is 10.2. The largest absolute Gasteiger partial charge is 0.345 e. The summed E-state index contributed by atoms with van der Waals surface area (Å²) in [5.41, 5.74) is 0.972. The normalized spacial score (nSPS) is 9.05. The first-order chi connectivity index (χ1) is 10.2. The molecule has 0 saturated heterocycles. The molecule has 2 rings (SSSR count). The fraction of sp³-hybridized carbons (Fsp3) is 0.0769. The van der Waals surface area contributed by atoms with Crippen molar-refractivity contribution in [3.05, 3.63) is 41.4 Å². The Morgan fingerprint density at radius 1 is 1.10 bits per heavy atom. The lowest BCUT2D eigenvalue weighted by Gasteiger charge is -2.06. The van der Waals surface area contributed by atoms with Crippen molar-refractivity contribution in [3.63, 3.8) is 0 Å². The van der Waals surface area contributed by atoms with Gasteiger partial charge < -0.3 is 5.32 Å².